The summed E-state index contributed by atoms with van der Waals surface area (Å²) in [7, 11) is 0. The number of phenolic OH excluding ortho intramolecular Hbond substituents is 1. The predicted molar refractivity (Wildman–Crippen MR) is 77.8 cm³/mol. The summed E-state index contributed by atoms with van der Waals surface area (Å²) >= 11 is 0. The highest BCUT2D eigenvalue weighted by molar-refractivity contribution is 6.07. The van der Waals surface area contributed by atoms with Crippen LogP contribution in [0.1, 0.15) is 28.4 Å². The Morgan fingerprint density at radius 2 is 2.00 bits per heavy atom. The Hall–Kier alpha value is -2.33. The first-order valence-corrected chi connectivity index (χ1v) is 6.62. The number of fused-ring (bicyclic) bond motifs is 1. The summed E-state index contributed by atoms with van der Waals surface area (Å²) in [6.07, 6.45) is 0.738. The molecule has 0 saturated carbocycles. The molecule has 3 N–H and O–H groups in total. The van der Waals surface area contributed by atoms with Crippen molar-refractivity contribution in [1.29, 1.82) is 0 Å². The van der Waals surface area contributed by atoms with Crippen LogP contribution in [-0.2, 0) is 0 Å². The molecule has 2 aromatic carbocycles. The van der Waals surface area contributed by atoms with Crippen molar-refractivity contribution in [3.05, 3.63) is 59.7 Å². The number of carbonyl (C=O) groups excluding carboxylic acids is 1. The van der Waals surface area contributed by atoms with Crippen LogP contribution in [0.4, 0.5) is 5.69 Å². The lowest BCUT2D eigenvalue weighted by Gasteiger charge is -2.32. The van der Waals surface area contributed by atoms with Gasteiger partial charge in [0.25, 0.3) is 5.91 Å². The summed E-state index contributed by atoms with van der Waals surface area (Å²) in [4.78, 5) is 14.3. The smallest absolute Gasteiger partial charge is 0.258 e. The van der Waals surface area contributed by atoms with Gasteiger partial charge in [-0.2, -0.15) is 0 Å². The van der Waals surface area contributed by atoms with Gasteiger partial charge in [0, 0.05) is 23.8 Å². The standard InChI is InChI=1S/C16H16N2O2/c17-14-8-9-18(15-7-2-1-6-13(14)15)16(20)11-4-3-5-12(19)10-11/h1-7,10,14,19H,8-9,17H2. The highest BCUT2D eigenvalue weighted by Gasteiger charge is 2.27. The summed E-state index contributed by atoms with van der Waals surface area (Å²) in [5.41, 5.74) is 8.43. The molecule has 0 aromatic heterocycles. The van der Waals surface area contributed by atoms with E-state index in [1.807, 2.05) is 24.3 Å². The zero-order valence-electron chi connectivity index (χ0n) is 11.0. The molecule has 4 nitrogen and oxygen atoms in total. The molecule has 1 amide bonds. The summed E-state index contributed by atoms with van der Waals surface area (Å²) in [6.45, 7) is 0.590. The molecule has 1 unspecified atom stereocenters. The van der Waals surface area contributed by atoms with Crippen LogP contribution in [0.5, 0.6) is 5.75 Å². The minimum absolute atomic E-state index is 0.0283. The van der Waals surface area contributed by atoms with Crippen LogP contribution in [-0.4, -0.2) is 17.6 Å². The average Bonchev–Trinajstić information content (AvgIpc) is 2.47. The van der Waals surface area contributed by atoms with E-state index in [1.54, 1.807) is 23.1 Å². The maximum Gasteiger partial charge on any atom is 0.258 e. The van der Waals surface area contributed by atoms with Gasteiger partial charge in [0.2, 0.25) is 0 Å². The summed E-state index contributed by atoms with van der Waals surface area (Å²) < 4.78 is 0. The molecule has 0 saturated heterocycles. The van der Waals surface area contributed by atoms with E-state index < -0.39 is 0 Å². The first-order valence-electron chi connectivity index (χ1n) is 6.62. The summed E-state index contributed by atoms with van der Waals surface area (Å²) in [5.74, 6) is -0.0157. The fourth-order valence-electron chi connectivity index (χ4n) is 2.60. The number of rotatable bonds is 1. The van der Waals surface area contributed by atoms with Gasteiger partial charge in [-0.05, 0) is 36.2 Å². The number of hydrogen-bond acceptors (Lipinski definition) is 3. The van der Waals surface area contributed by atoms with Gasteiger partial charge in [-0.15, -0.1) is 0 Å². The Morgan fingerprint density at radius 3 is 2.80 bits per heavy atom. The fourth-order valence-corrected chi connectivity index (χ4v) is 2.60. The lowest BCUT2D eigenvalue weighted by Crippen LogP contribution is -2.38. The molecule has 0 fully saturated rings. The quantitative estimate of drug-likeness (QED) is 0.834. The first kappa shape index (κ1) is 12.7. The lowest BCUT2D eigenvalue weighted by atomic mass is 9.96. The normalized spacial score (nSPS) is 17.6. The van der Waals surface area contributed by atoms with Crippen LogP contribution in [0.3, 0.4) is 0 Å². The highest BCUT2D eigenvalue weighted by atomic mass is 16.3. The Kier molecular flexibility index (Phi) is 3.16. The van der Waals surface area contributed by atoms with Crippen LogP contribution in [0.2, 0.25) is 0 Å². The molecule has 1 heterocycles. The minimum Gasteiger partial charge on any atom is -0.508 e. The zero-order chi connectivity index (χ0) is 14.1. The van der Waals surface area contributed by atoms with Crippen LogP contribution in [0.25, 0.3) is 0 Å². The first-order chi connectivity index (χ1) is 9.66. The Bertz CT molecular complexity index is 654. The van der Waals surface area contributed by atoms with Crippen molar-refractivity contribution < 1.29 is 9.90 Å². The molecule has 0 spiro atoms. The third kappa shape index (κ3) is 2.14. The van der Waals surface area contributed by atoms with Crippen molar-refractivity contribution >= 4 is 11.6 Å². The molecule has 0 aliphatic carbocycles. The molecular weight excluding hydrogens is 252 g/mol. The van der Waals surface area contributed by atoms with E-state index in [1.165, 1.54) is 6.07 Å². The van der Waals surface area contributed by atoms with Crippen molar-refractivity contribution in [2.75, 3.05) is 11.4 Å². The molecular formula is C16H16N2O2. The highest BCUT2D eigenvalue weighted by Crippen LogP contribution is 2.33. The van der Waals surface area contributed by atoms with Gasteiger partial charge in [-0.1, -0.05) is 24.3 Å². The third-order valence-corrected chi connectivity index (χ3v) is 3.63. The van der Waals surface area contributed by atoms with E-state index in [9.17, 15) is 9.90 Å². The van der Waals surface area contributed by atoms with Gasteiger partial charge < -0.3 is 15.7 Å². The van der Waals surface area contributed by atoms with Crippen LogP contribution in [0.15, 0.2) is 48.5 Å². The molecule has 3 rings (SSSR count). The molecule has 20 heavy (non-hydrogen) atoms. The Balaban J connectivity index is 1.99. The van der Waals surface area contributed by atoms with Crippen molar-refractivity contribution in [3.63, 3.8) is 0 Å². The molecule has 0 radical (unpaired) electrons. The molecule has 0 bridgehead atoms. The topological polar surface area (TPSA) is 66.6 Å². The van der Waals surface area contributed by atoms with E-state index in [2.05, 4.69) is 0 Å². The van der Waals surface area contributed by atoms with Crippen LogP contribution in [0, 0.1) is 0 Å². The maximum atomic E-state index is 12.6. The van der Waals surface area contributed by atoms with E-state index in [-0.39, 0.29) is 17.7 Å². The number of nitrogens with zero attached hydrogens (tertiary/aromatic N) is 1. The second-order valence-electron chi connectivity index (χ2n) is 4.96. The number of benzene rings is 2. The molecule has 2 aromatic rings. The number of aromatic hydroxyl groups is 1. The van der Waals surface area contributed by atoms with E-state index >= 15 is 0 Å². The monoisotopic (exact) mass is 268 g/mol. The number of nitrogens with two attached hydrogens (primary N) is 1. The number of carbonyl (C=O) groups is 1. The molecule has 1 atom stereocenters. The summed E-state index contributed by atoms with van der Waals surface area (Å²) in [6, 6.07) is 14.1. The van der Waals surface area contributed by atoms with E-state index in [0.717, 1.165) is 17.7 Å². The number of phenols is 1. The fraction of sp³-hybridized carbons (Fsp3) is 0.188. The van der Waals surface area contributed by atoms with Crippen LogP contribution >= 0.6 is 0 Å². The number of anilines is 1. The van der Waals surface area contributed by atoms with Gasteiger partial charge in [-0.3, -0.25) is 4.79 Å². The Morgan fingerprint density at radius 1 is 1.20 bits per heavy atom. The number of para-hydroxylation sites is 1. The van der Waals surface area contributed by atoms with E-state index in [4.69, 9.17) is 5.73 Å². The van der Waals surface area contributed by atoms with Gasteiger partial charge in [-0.25, -0.2) is 0 Å². The molecule has 4 heteroatoms. The zero-order valence-corrected chi connectivity index (χ0v) is 11.0. The largest absolute Gasteiger partial charge is 0.508 e. The van der Waals surface area contributed by atoms with Crippen molar-refractivity contribution in [2.24, 2.45) is 5.73 Å². The molecule has 102 valence electrons. The van der Waals surface area contributed by atoms with Crippen molar-refractivity contribution in [2.45, 2.75) is 12.5 Å². The van der Waals surface area contributed by atoms with Gasteiger partial charge in [0.1, 0.15) is 5.75 Å². The SMILES string of the molecule is NC1CCN(C(=O)c2cccc(O)c2)c2ccccc21. The lowest BCUT2D eigenvalue weighted by molar-refractivity contribution is 0.0984. The van der Waals surface area contributed by atoms with Gasteiger partial charge in [0.05, 0.1) is 0 Å². The Labute approximate surface area is 117 Å². The second kappa shape index (κ2) is 4.98. The van der Waals surface area contributed by atoms with Gasteiger partial charge >= 0.3 is 0 Å². The number of hydrogen-bond donors (Lipinski definition) is 2. The predicted octanol–water partition coefficient (Wildman–Crippen LogP) is 2.44. The molecule has 1 aliphatic heterocycles. The van der Waals surface area contributed by atoms with Crippen molar-refractivity contribution in [1.82, 2.24) is 0 Å². The molecule has 1 aliphatic rings. The van der Waals surface area contributed by atoms with E-state index in [0.29, 0.717) is 12.1 Å². The third-order valence-electron chi connectivity index (χ3n) is 3.63. The average molecular weight is 268 g/mol. The van der Waals surface area contributed by atoms with Crippen LogP contribution < -0.4 is 10.6 Å². The number of amides is 1. The van der Waals surface area contributed by atoms with Crippen molar-refractivity contribution in [3.8, 4) is 5.75 Å². The maximum absolute atomic E-state index is 12.6. The summed E-state index contributed by atoms with van der Waals surface area (Å²) in [5, 5.41) is 9.51. The van der Waals surface area contributed by atoms with Gasteiger partial charge in [0.15, 0.2) is 0 Å². The minimum atomic E-state index is -0.111. The second-order valence-corrected chi connectivity index (χ2v) is 4.96.